The van der Waals surface area contributed by atoms with Gasteiger partial charge in [-0.2, -0.15) is 4.98 Å². The van der Waals surface area contributed by atoms with E-state index in [4.69, 9.17) is 9.15 Å². The maximum atomic E-state index is 14.5. The van der Waals surface area contributed by atoms with Gasteiger partial charge in [0.25, 0.3) is 11.6 Å². The third-order valence-corrected chi connectivity index (χ3v) is 4.49. The van der Waals surface area contributed by atoms with Gasteiger partial charge in [-0.1, -0.05) is 19.1 Å². The summed E-state index contributed by atoms with van der Waals surface area (Å²) in [6, 6.07) is 9.44. The molecule has 0 saturated heterocycles. The highest BCUT2D eigenvalue weighted by Crippen LogP contribution is 2.22. The van der Waals surface area contributed by atoms with Crippen LogP contribution in [0.25, 0.3) is 22.2 Å². The van der Waals surface area contributed by atoms with Crippen LogP contribution < -0.4 is 15.9 Å². The largest absolute Gasteiger partial charge is 0.460 e. The topological polar surface area (TPSA) is 98.1 Å². The Hall–Kier alpha value is -3.81. The fourth-order valence-electron chi connectivity index (χ4n) is 3.01. The Bertz CT molecular complexity index is 1300. The van der Waals surface area contributed by atoms with Crippen LogP contribution >= 0.6 is 0 Å². The molecule has 3 aromatic heterocycles. The maximum Gasteiger partial charge on any atom is 0.337 e. The van der Waals surface area contributed by atoms with Crippen LogP contribution in [0.1, 0.15) is 18.1 Å². The number of ether oxygens (including phenoxy) is 1. The molecule has 8 heteroatoms. The van der Waals surface area contributed by atoms with Crippen molar-refractivity contribution in [1.29, 1.82) is 0 Å². The number of aryl methyl sites for hydroxylation is 1. The van der Waals surface area contributed by atoms with E-state index in [9.17, 15) is 14.0 Å². The van der Waals surface area contributed by atoms with Crippen LogP contribution in [-0.4, -0.2) is 15.0 Å². The van der Waals surface area contributed by atoms with E-state index in [1.807, 2.05) is 6.92 Å². The van der Waals surface area contributed by atoms with E-state index < -0.39 is 17.0 Å². The summed E-state index contributed by atoms with van der Waals surface area (Å²) in [6.07, 6.45) is 3.74. The third kappa shape index (κ3) is 3.77. The number of nitrogens with zero attached hydrogens (tertiary/aromatic N) is 2. The average Bonchev–Trinajstić information content (AvgIpc) is 2.72. The van der Waals surface area contributed by atoms with Gasteiger partial charge in [0, 0.05) is 24.0 Å². The Balaban J connectivity index is 1.60. The van der Waals surface area contributed by atoms with Crippen molar-refractivity contribution in [3.8, 4) is 17.1 Å². The van der Waals surface area contributed by atoms with E-state index in [0.717, 1.165) is 5.56 Å². The summed E-state index contributed by atoms with van der Waals surface area (Å²) in [5.41, 5.74) is 1.17. The quantitative estimate of drug-likeness (QED) is 0.559. The molecule has 3 heterocycles. The molecule has 0 amide bonds. The molecule has 0 spiro atoms. The molecule has 0 aliphatic rings. The molecular weight excluding hydrogens is 377 g/mol. The zero-order valence-corrected chi connectivity index (χ0v) is 15.4. The molecule has 0 unspecified atom stereocenters. The molecule has 0 fully saturated rings. The summed E-state index contributed by atoms with van der Waals surface area (Å²) in [6.45, 7) is 1.66. The normalized spacial score (nSPS) is 11.0. The van der Waals surface area contributed by atoms with Gasteiger partial charge in [0.2, 0.25) is 5.71 Å². The third-order valence-electron chi connectivity index (χ3n) is 4.49. The number of fused-ring (bicyclic) bond motifs is 1. The van der Waals surface area contributed by atoms with Gasteiger partial charge < -0.3 is 9.15 Å². The number of benzene rings is 1. The van der Waals surface area contributed by atoms with Crippen LogP contribution in [0.3, 0.4) is 0 Å². The Labute approximate surface area is 163 Å². The second kappa shape index (κ2) is 7.67. The SMILES string of the molecule is CCc1cc(=O)oc2nc(OCc3ccc(-c4ccncc4)cc3F)[nH]c(=O)c12. The van der Waals surface area contributed by atoms with Crippen LogP contribution in [0.15, 0.2) is 62.8 Å². The van der Waals surface area contributed by atoms with Crippen LogP contribution in [0.5, 0.6) is 6.01 Å². The van der Waals surface area contributed by atoms with Crippen molar-refractivity contribution in [2.24, 2.45) is 0 Å². The molecular formula is C21H16FN3O4. The smallest absolute Gasteiger partial charge is 0.337 e. The molecule has 1 N–H and O–H groups in total. The van der Waals surface area contributed by atoms with E-state index in [2.05, 4.69) is 15.0 Å². The Morgan fingerprint density at radius 3 is 2.59 bits per heavy atom. The number of halogens is 1. The lowest BCUT2D eigenvalue weighted by Gasteiger charge is -2.09. The Morgan fingerprint density at radius 2 is 1.86 bits per heavy atom. The van der Waals surface area contributed by atoms with E-state index in [0.29, 0.717) is 17.5 Å². The first kappa shape index (κ1) is 18.5. The molecule has 1 aromatic carbocycles. The molecule has 0 saturated carbocycles. The summed E-state index contributed by atoms with van der Waals surface area (Å²) < 4.78 is 24.9. The van der Waals surface area contributed by atoms with Gasteiger partial charge in [0.05, 0.1) is 0 Å². The lowest BCUT2D eigenvalue weighted by atomic mass is 10.0. The highest BCUT2D eigenvalue weighted by atomic mass is 19.1. The molecule has 0 aliphatic heterocycles. The highest BCUT2D eigenvalue weighted by Gasteiger charge is 2.13. The molecule has 4 rings (SSSR count). The molecule has 7 nitrogen and oxygen atoms in total. The predicted octanol–water partition coefficient (Wildman–Crippen LogP) is 3.22. The number of nitrogens with one attached hydrogen (secondary N) is 1. The van der Waals surface area contributed by atoms with Crippen molar-refractivity contribution in [3.05, 3.63) is 86.5 Å². The van der Waals surface area contributed by atoms with Gasteiger partial charge in [0.15, 0.2) is 0 Å². The molecule has 0 radical (unpaired) electrons. The van der Waals surface area contributed by atoms with Gasteiger partial charge in [-0.15, -0.1) is 0 Å². The van der Waals surface area contributed by atoms with E-state index in [-0.39, 0.29) is 29.3 Å². The molecule has 0 bridgehead atoms. The van der Waals surface area contributed by atoms with Gasteiger partial charge in [-0.05, 0) is 41.3 Å². The second-order valence-electron chi connectivity index (χ2n) is 6.33. The lowest BCUT2D eigenvalue weighted by Crippen LogP contribution is -2.15. The molecule has 0 aliphatic carbocycles. The van der Waals surface area contributed by atoms with Crippen LogP contribution in [0.4, 0.5) is 4.39 Å². The predicted molar refractivity (Wildman–Crippen MR) is 104 cm³/mol. The maximum absolute atomic E-state index is 14.5. The molecule has 0 atom stereocenters. The molecule has 4 aromatic rings. The van der Waals surface area contributed by atoms with Crippen molar-refractivity contribution in [1.82, 2.24) is 15.0 Å². The average molecular weight is 393 g/mol. The number of aromatic amines is 1. The first-order valence-corrected chi connectivity index (χ1v) is 8.94. The minimum absolute atomic E-state index is 0.110. The number of rotatable bonds is 5. The minimum Gasteiger partial charge on any atom is -0.460 e. The fraction of sp³-hybridized carbons (Fsp3) is 0.143. The number of hydrogen-bond acceptors (Lipinski definition) is 6. The van der Waals surface area contributed by atoms with E-state index >= 15 is 0 Å². The molecule has 146 valence electrons. The Morgan fingerprint density at radius 1 is 1.07 bits per heavy atom. The van der Waals surface area contributed by atoms with Gasteiger partial charge >= 0.3 is 5.63 Å². The van der Waals surface area contributed by atoms with E-state index in [1.165, 1.54) is 12.1 Å². The van der Waals surface area contributed by atoms with Crippen molar-refractivity contribution >= 4 is 11.1 Å². The summed E-state index contributed by atoms with van der Waals surface area (Å²) in [5.74, 6) is -0.456. The number of H-pyrrole nitrogens is 1. The van der Waals surface area contributed by atoms with Crippen LogP contribution in [-0.2, 0) is 13.0 Å². The fourth-order valence-corrected chi connectivity index (χ4v) is 3.01. The van der Waals surface area contributed by atoms with Gasteiger partial charge in [-0.25, -0.2) is 9.18 Å². The van der Waals surface area contributed by atoms with Crippen molar-refractivity contribution in [3.63, 3.8) is 0 Å². The number of pyridine rings is 1. The minimum atomic E-state index is -0.601. The van der Waals surface area contributed by atoms with Gasteiger partial charge in [-0.3, -0.25) is 14.8 Å². The summed E-state index contributed by atoms with van der Waals surface area (Å²) in [5, 5.41) is 0.201. The monoisotopic (exact) mass is 393 g/mol. The highest BCUT2D eigenvalue weighted by molar-refractivity contribution is 5.75. The van der Waals surface area contributed by atoms with Crippen molar-refractivity contribution in [2.75, 3.05) is 0 Å². The standard InChI is InChI=1S/C21H16FN3O4/c1-2-12-10-17(26)29-20-18(12)19(27)24-21(25-20)28-11-15-4-3-14(9-16(15)22)13-5-7-23-8-6-13/h3-10H,2,11H2,1H3,(H,24,25,27). The zero-order chi connectivity index (χ0) is 20.4. The molecule has 29 heavy (non-hydrogen) atoms. The van der Waals surface area contributed by atoms with Crippen molar-refractivity contribution in [2.45, 2.75) is 20.0 Å². The first-order valence-electron chi connectivity index (χ1n) is 8.94. The van der Waals surface area contributed by atoms with Crippen LogP contribution in [0, 0.1) is 5.82 Å². The summed E-state index contributed by atoms with van der Waals surface area (Å²) in [7, 11) is 0. The van der Waals surface area contributed by atoms with Crippen molar-refractivity contribution < 1.29 is 13.5 Å². The van der Waals surface area contributed by atoms with E-state index in [1.54, 1.807) is 36.7 Å². The Kier molecular flexibility index (Phi) is 4.90. The summed E-state index contributed by atoms with van der Waals surface area (Å²) >= 11 is 0. The van der Waals surface area contributed by atoms with Gasteiger partial charge in [0.1, 0.15) is 17.8 Å². The second-order valence-corrected chi connectivity index (χ2v) is 6.33. The zero-order valence-electron chi connectivity index (χ0n) is 15.4. The number of aromatic nitrogens is 3. The summed E-state index contributed by atoms with van der Waals surface area (Å²) in [4.78, 5) is 34.5. The van der Waals surface area contributed by atoms with Crippen LogP contribution in [0.2, 0.25) is 0 Å². The number of hydrogen-bond donors (Lipinski definition) is 1. The first-order chi connectivity index (χ1) is 14.0. The lowest BCUT2D eigenvalue weighted by molar-refractivity contribution is 0.274.